The van der Waals surface area contributed by atoms with E-state index in [2.05, 4.69) is 20.8 Å². The Kier molecular flexibility index (Phi) is 11.2. The zero-order valence-electron chi connectivity index (χ0n) is 25.3. The Morgan fingerprint density at radius 3 is 2.54 bits per heavy atom. The van der Waals surface area contributed by atoms with Gasteiger partial charge in [-0.25, -0.2) is 4.79 Å². The third-order valence-corrected chi connectivity index (χ3v) is 9.67. The number of benzene rings is 2. The van der Waals surface area contributed by atoms with Gasteiger partial charge in [0.1, 0.15) is 5.00 Å². The second kappa shape index (κ2) is 15.6. The van der Waals surface area contributed by atoms with E-state index in [4.69, 9.17) is 4.74 Å². The van der Waals surface area contributed by atoms with E-state index in [0.717, 1.165) is 48.1 Å². The Balaban J connectivity index is 1.28. The summed E-state index contributed by atoms with van der Waals surface area (Å²) in [5.74, 6) is -0.569. The van der Waals surface area contributed by atoms with E-state index in [9.17, 15) is 24.5 Å². The van der Waals surface area contributed by atoms with Crippen LogP contribution in [-0.4, -0.2) is 49.8 Å². The van der Waals surface area contributed by atoms with Crippen LogP contribution in [-0.2, 0) is 41.9 Å². The quantitative estimate of drug-likeness (QED) is 0.0611. The lowest BCUT2D eigenvalue weighted by molar-refractivity contribution is -0.384. The van der Waals surface area contributed by atoms with Crippen LogP contribution in [0.3, 0.4) is 0 Å². The van der Waals surface area contributed by atoms with Crippen molar-refractivity contribution in [3.05, 3.63) is 97.7 Å². The third-order valence-electron chi connectivity index (χ3n) is 7.49. The molecule has 12 nitrogen and oxygen atoms in total. The zero-order chi connectivity index (χ0) is 32.5. The number of aromatic nitrogens is 3. The number of ether oxygens (including phenoxy) is 1. The number of esters is 1. The minimum absolute atomic E-state index is 0.0312. The fraction of sp³-hybridized carbons (Fsp3) is 0.344. The average Bonchev–Trinajstić information content (AvgIpc) is 3.53. The van der Waals surface area contributed by atoms with Gasteiger partial charge in [0.15, 0.2) is 11.0 Å². The first-order valence-electron chi connectivity index (χ1n) is 15.1. The second-order valence-corrected chi connectivity index (χ2v) is 12.6. The summed E-state index contributed by atoms with van der Waals surface area (Å²) in [6, 6.07) is 15.2. The summed E-state index contributed by atoms with van der Waals surface area (Å²) in [5, 5.41) is 26.4. The lowest BCUT2D eigenvalue weighted by Gasteiger charge is -2.12. The molecule has 2 amide bonds. The number of carbonyl (C=O) groups excluding carboxylic acids is 3. The SMILES string of the molecule is CCOC(=O)c1c(NC(=O)CSc2nnc(CNC(=O)c3ccc([N+](=O)[O-])cc3)n2CCc2ccccc2)sc2c1CCCCC2. The van der Waals surface area contributed by atoms with Crippen LogP contribution >= 0.6 is 23.1 Å². The van der Waals surface area contributed by atoms with Crippen molar-refractivity contribution in [1.29, 1.82) is 0 Å². The number of aryl methyl sites for hydroxylation is 2. The molecule has 0 spiro atoms. The van der Waals surface area contributed by atoms with Crippen molar-refractivity contribution in [3.63, 3.8) is 0 Å². The van der Waals surface area contributed by atoms with E-state index >= 15 is 0 Å². The molecule has 0 saturated carbocycles. The Morgan fingerprint density at radius 2 is 1.80 bits per heavy atom. The van der Waals surface area contributed by atoms with Gasteiger partial charge in [-0.15, -0.1) is 21.5 Å². The van der Waals surface area contributed by atoms with Gasteiger partial charge in [-0.1, -0.05) is 48.5 Å². The Bertz CT molecular complexity index is 1700. The van der Waals surface area contributed by atoms with Gasteiger partial charge in [0, 0.05) is 29.1 Å². The van der Waals surface area contributed by atoms with Crippen molar-refractivity contribution in [2.75, 3.05) is 17.7 Å². The molecule has 2 aromatic heterocycles. The van der Waals surface area contributed by atoms with Gasteiger partial charge in [-0.3, -0.25) is 19.7 Å². The van der Waals surface area contributed by atoms with E-state index in [1.54, 1.807) is 6.92 Å². The van der Waals surface area contributed by atoms with E-state index in [-0.39, 0.29) is 36.1 Å². The number of nitrogens with one attached hydrogen (secondary N) is 2. The van der Waals surface area contributed by atoms with Crippen LogP contribution in [0, 0.1) is 10.1 Å². The molecule has 0 unspecified atom stereocenters. The molecule has 0 aliphatic heterocycles. The van der Waals surface area contributed by atoms with Crippen LogP contribution in [0.5, 0.6) is 0 Å². The highest BCUT2D eigenvalue weighted by atomic mass is 32.2. The standard InChI is InChI=1S/C32H34N6O6S2/c1-2-44-31(41)28-24-11-7-4-8-12-25(24)46-30(28)34-27(39)20-45-32-36-35-26(37(32)18-17-21-9-5-3-6-10-21)19-33-29(40)22-13-15-23(16-14-22)38(42)43/h3,5-6,9-10,13-16H,2,4,7-8,11-12,17-20H2,1H3,(H,33,40)(H,34,39). The number of hydrogen-bond donors (Lipinski definition) is 2. The third kappa shape index (κ3) is 8.17. The summed E-state index contributed by atoms with van der Waals surface area (Å²) in [6.07, 6.45) is 5.49. The number of rotatable bonds is 13. The molecule has 240 valence electrons. The largest absolute Gasteiger partial charge is 0.462 e. The maximum absolute atomic E-state index is 13.2. The molecular formula is C32H34N6O6S2. The number of thioether (sulfide) groups is 1. The molecule has 2 heterocycles. The first-order chi connectivity index (χ1) is 22.3. The number of nitrogens with zero attached hydrogens (tertiary/aromatic N) is 4. The van der Waals surface area contributed by atoms with Gasteiger partial charge >= 0.3 is 5.97 Å². The molecule has 1 aliphatic rings. The van der Waals surface area contributed by atoms with Gasteiger partial charge in [0.05, 0.1) is 29.4 Å². The van der Waals surface area contributed by atoms with Crippen molar-refractivity contribution < 1.29 is 24.0 Å². The molecule has 2 aromatic carbocycles. The van der Waals surface area contributed by atoms with E-state index in [0.29, 0.717) is 34.5 Å². The van der Waals surface area contributed by atoms with Crippen LogP contribution in [0.4, 0.5) is 10.7 Å². The molecule has 5 rings (SSSR count). The van der Waals surface area contributed by atoms with Crippen LogP contribution in [0.1, 0.15) is 68.7 Å². The van der Waals surface area contributed by atoms with Gasteiger partial charge in [-0.05, 0) is 62.3 Å². The summed E-state index contributed by atoms with van der Waals surface area (Å²) < 4.78 is 7.22. The number of anilines is 1. The molecule has 0 saturated heterocycles. The highest BCUT2D eigenvalue weighted by Gasteiger charge is 2.27. The van der Waals surface area contributed by atoms with Gasteiger partial charge in [0.25, 0.3) is 11.6 Å². The summed E-state index contributed by atoms with van der Waals surface area (Å²) in [7, 11) is 0. The normalized spacial score (nSPS) is 12.5. The number of nitro groups is 1. The molecule has 2 N–H and O–H groups in total. The van der Waals surface area contributed by atoms with Crippen molar-refractivity contribution in [2.45, 2.75) is 63.7 Å². The minimum Gasteiger partial charge on any atom is -0.462 e. The van der Waals surface area contributed by atoms with E-state index in [1.165, 1.54) is 47.4 Å². The smallest absolute Gasteiger partial charge is 0.341 e. The van der Waals surface area contributed by atoms with Crippen LogP contribution < -0.4 is 10.6 Å². The lowest BCUT2D eigenvalue weighted by atomic mass is 10.1. The average molecular weight is 663 g/mol. The zero-order valence-corrected chi connectivity index (χ0v) is 27.0. The number of amides is 2. The summed E-state index contributed by atoms with van der Waals surface area (Å²) in [4.78, 5) is 50.4. The van der Waals surface area contributed by atoms with Gasteiger partial charge < -0.3 is 19.9 Å². The topological polar surface area (TPSA) is 158 Å². The fourth-order valence-corrected chi connectivity index (χ4v) is 7.28. The second-order valence-electron chi connectivity index (χ2n) is 10.6. The fourth-order valence-electron chi connectivity index (χ4n) is 5.21. The van der Waals surface area contributed by atoms with Crippen LogP contribution in [0.2, 0.25) is 0 Å². The number of carbonyl (C=O) groups is 3. The number of hydrogen-bond acceptors (Lipinski definition) is 10. The van der Waals surface area contributed by atoms with E-state index in [1.807, 2.05) is 34.9 Å². The molecule has 0 bridgehead atoms. The maximum atomic E-state index is 13.2. The highest BCUT2D eigenvalue weighted by molar-refractivity contribution is 7.99. The number of thiophene rings is 1. The van der Waals surface area contributed by atoms with Crippen LogP contribution in [0.15, 0.2) is 59.8 Å². The molecule has 0 radical (unpaired) electrons. The number of fused-ring (bicyclic) bond motifs is 1. The monoisotopic (exact) mass is 662 g/mol. The lowest BCUT2D eigenvalue weighted by Crippen LogP contribution is -2.25. The molecule has 1 aliphatic carbocycles. The maximum Gasteiger partial charge on any atom is 0.341 e. The summed E-state index contributed by atoms with van der Waals surface area (Å²) in [6.45, 7) is 2.59. The minimum atomic E-state index is -0.523. The molecule has 14 heteroatoms. The Labute approximate surface area is 274 Å². The molecular weight excluding hydrogens is 629 g/mol. The Hall–Kier alpha value is -4.56. The van der Waals surface area contributed by atoms with Crippen LogP contribution in [0.25, 0.3) is 0 Å². The molecule has 0 atom stereocenters. The number of nitro benzene ring substituents is 1. The van der Waals surface area contributed by atoms with Crippen molar-refractivity contribution >= 4 is 51.6 Å². The highest BCUT2D eigenvalue weighted by Crippen LogP contribution is 2.38. The van der Waals surface area contributed by atoms with E-state index < -0.39 is 16.8 Å². The Morgan fingerprint density at radius 1 is 1.04 bits per heavy atom. The molecule has 0 fully saturated rings. The van der Waals surface area contributed by atoms with Gasteiger partial charge in [0.2, 0.25) is 5.91 Å². The van der Waals surface area contributed by atoms with Gasteiger partial charge in [-0.2, -0.15) is 0 Å². The van der Waals surface area contributed by atoms with Crippen molar-refractivity contribution in [2.24, 2.45) is 0 Å². The first-order valence-corrected chi connectivity index (χ1v) is 16.9. The predicted molar refractivity (Wildman–Crippen MR) is 175 cm³/mol. The summed E-state index contributed by atoms with van der Waals surface area (Å²) in [5.41, 5.74) is 2.74. The molecule has 46 heavy (non-hydrogen) atoms. The van der Waals surface area contributed by atoms with Crippen molar-refractivity contribution in [1.82, 2.24) is 20.1 Å². The van der Waals surface area contributed by atoms with Crippen molar-refractivity contribution in [3.8, 4) is 0 Å². The number of non-ortho nitro benzene ring substituents is 1. The molecule has 4 aromatic rings. The first kappa shape index (κ1) is 32.8. The summed E-state index contributed by atoms with van der Waals surface area (Å²) >= 11 is 2.67. The predicted octanol–water partition coefficient (Wildman–Crippen LogP) is 5.60.